The fourth-order valence-electron chi connectivity index (χ4n) is 10.9. The number of para-hydroxylation sites is 2. The minimum Gasteiger partial charge on any atom is -0.455 e. The minimum absolute atomic E-state index is 0.560. The third kappa shape index (κ3) is 6.18. The lowest BCUT2D eigenvalue weighted by Gasteiger charge is -2.34. The quantitative estimate of drug-likeness (QED) is 0.160. The second-order valence-electron chi connectivity index (χ2n) is 17.9. The van der Waals surface area contributed by atoms with E-state index in [1.807, 2.05) is 36.4 Å². The maximum absolute atomic E-state index is 7.13. The van der Waals surface area contributed by atoms with Gasteiger partial charge in [-0.3, -0.25) is 0 Å². The lowest BCUT2D eigenvalue weighted by Crippen LogP contribution is -2.28. The Morgan fingerprint density at radius 2 is 0.943 bits per heavy atom. The van der Waals surface area contributed by atoms with Crippen LogP contribution in [0.15, 0.2) is 247 Å². The molecule has 328 valence electrons. The molecule has 0 atom stereocenters. The van der Waals surface area contributed by atoms with Gasteiger partial charge in [-0.2, -0.15) is 0 Å². The summed E-state index contributed by atoms with van der Waals surface area (Å²) in [6.45, 7) is 0. The van der Waals surface area contributed by atoms with Crippen molar-refractivity contribution in [2.45, 2.75) is 5.41 Å². The molecule has 0 amide bonds. The number of ether oxygens (including phenoxy) is 2. The first kappa shape index (κ1) is 39.8. The van der Waals surface area contributed by atoms with Crippen LogP contribution in [0.25, 0.3) is 89.2 Å². The lowest BCUT2D eigenvalue weighted by atomic mass is 9.68. The monoisotopic (exact) mass is 896 g/mol. The molecule has 0 spiro atoms. The van der Waals surface area contributed by atoms with Gasteiger partial charge in [0.2, 0.25) is 0 Å². The number of rotatable bonds is 7. The molecule has 0 saturated heterocycles. The summed E-state index contributed by atoms with van der Waals surface area (Å²) in [6.07, 6.45) is 0. The Kier molecular flexibility index (Phi) is 9.04. The average molecular weight is 897 g/mol. The van der Waals surface area contributed by atoms with Gasteiger partial charge in [-0.05, 0) is 74.8 Å². The molecule has 0 unspecified atom stereocenters. The maximum Gasteiger partial charge on any atom is 0.178 e. The summed E-state index contributed by atoms with van der Waals surface area (Å²) in [7, 11) is 0. The van der Waals surface area contributed by atoms with Gasteiger partial charge in [-0.15, -0.1) is 0 Å². The van der Waals surface area contributed by atoms with E-state index in [-0.39, 0.29) is 0 Å². The first-order valence-electron chi connectivity index (χ1n) is 23.6. The Hall–Kier alpha value is -9.32. The van der Waals surface area contributed by atoms with Crippen LogP contribution in [0.5, 0.6) is 23.0 Å². The van der Waals surface area contributed by atoms with Crippen LogP contribution in [0.4, 0.5) is 0 Å². The molecule has 0 N–H and O–H groups in total. The fourth-order valence-corrected chi connectivity index (χ4v) is 10.9. The molecule has 0 fully saturated rings. The van der Waals surface area contributed by atoms with Crippen molar-refractivity contribution in [3.05, 3.63) is 265 Å². The normalized spacial score (nSPS) is 12.9. The maximum atomic E-state index is 7.13. The van der Waals surface area contributed by atoms with E-state index < -0.39 is 5.41 Å². The molecule has 1 aliphatic heterocycles. The van der Waals surface area contributed by atoms with Crippen LogP contribution < -0.4 is 9.47 Å². The molecule has 1 aliphatic carbocycles. The largest absolute Gasteiger partial charge is 0.455 e. The summed E-state index contributed by atoms with van der Waals surface area (Å²) in [5, 5.41) is 2.21. The van der Waals surface area contributed by atoms with Gasteiger partial charge in [0.05, 0.1) is 16.8 Å². The summed E-state index contributed by atoms with van der Waals surface area (Å²) >= 11 is 0. The number of aromatic nitrogens is 2. The summed E-state index contributed by atoms with van der Waals surface area (Å²) in [5.41, 5.74) is 16.7. The second kappa shape index (κ2) is 15.9. The number of nitrogens with zero attached hydrogens (tertiary/aromatic N) is 2. The third-order valence-corrected chi connectivity index (χ3v) is 14.1. The molecule has 0 bridgehead atoms. The van der Waals surface area contributed by atoms with Crippen LogP contribution >= 0.6 is 0 Å². The van der Waals surface area contributed by atoms with Crippen molar-refractivity contribution in [1.82, 2.24) is 9.97 Å². The summed E-state index contributed by atoms with van der Waals surface area (Å²) in [6, 6.07) is 84.7. The van der Waals surface area contributed by atoms with E-state index in [0.717, 1.165) is 89.0 Å². The van der Waals surface area contributed by atoms with Crippen molar-refractivity contribution < 1.29 is 13.9 Å². The summed E-state index contributed by atoms with van der Waals surface area (Å²) in [5.74, 6) is 3.34. The van der Waals surface area contributed by atoms with E-state index >= 15 is 0 Å². The molecule has 5 heteroatoms. The average Bonchev–Trinajstić information content (AvgIpc) is 3.98. The van der Waals surface area contributed by atoms with Crippen molar-refractivity contribution in [3.8, 4) is 90.3 Å². The van der Waals surface area contributed by atoms with Gasteiger partial charge >= 0.3 is 0 Å². The Labute approximate surface area is 404 Å². The van der Waals surface area contributed by atoms with Crippen molar-refractivity contribution in [2.24, 2.45) is 0 Å². The highest BCUT2D eigenvalue weighted by Crippen LogP contribution is 2.62. The zero-order chi connectivity index (χ0) is 46.2. The Bertz CT molecular complexity index is 3950. The van der Waals surface area contributed by atoms with Gasteiger partial charge in [-0.1, -0.05) is 212 Å². The summed E-state index contributed by atoms with van der Waals surface area (Å²) in [4.78, 5) is 10.5. The highest BCUT2D eigenvalue weighted by atomic mass is 16.6. The van der Waals surface area contributed by atoms with E-state index in [4.69, 9.17) is 23.9 Å². The molecular weight excluding hydrogens is 857 g/mol. The molecule has 10 aromatic carbocycles. The van der Waals surface area contributed by atoms with Gasteiger partial charge in [0.15, 0.2) is 28.8 Å². The van der Waals surface area contributed by atoms with Crippen LogP contribution in [-0.2, 0) is 5.41 Å². The zero-order valence-corrected chi connectivity index (χ0v) is 37.7. The Morgan fingerprint density at radius 1 is 0.343 bits per heavy atom. The van der Waals surface area contributed by atoms with E-state index in [1.54, 1.807) is 0 Å². The van der Waals surface area contributed by atoms with E-state index in [1.165, 1.54) is 16.7 Å². The topological polar surface area (TPSA) is 57.4 Å². The fraction of sp³-hybridized carbons (Fsp3) is 0.0154. The van der Waals surface area contributed by atoms with Gasteiger partial charge in [-0.25, -0.2) is 9.97 Å². The lowest BCUT2D eigenvalue weighted by molar-refractivity contribution is 0.360. The first-order valence-corrected chi connectivity index (χ1v) is 23.6. The molecule has 70 heavy (non-hydrogen) atoms. The number of hydrogen-bond donors (Lipinski definition) is 0. The number of furan rings is 1. The minimum atomic E-state index is -0.560. The van der Waals surface area contributed by atoms with Gasteiger partial charge in [0, 0.05) is 38.6 Å². The van der Waals surface area contributed by atoms with Crippen molar-refractivity contribution in [2.75, 3.05) is 0 Å². The molecule has 3 heterocycles. The SMILES string of the molecule is c1ccc(-c2cc(-c3ccccc3-c3ccc4c(c3)Oc3c(ccc5c3-c3ccccc3C5(c3ccccc3)c3ccccc3)O4)nc(-c3ccc(-c4cccc5c4oc4ccccc45)cc3)n2)cc1. The summed E-state index contributed by atoms with van der Waals surface area (Å²) < 4.78 is 20.3. The molecule has 2 aliphatic rings. The van der Waals surface area contributed by atoms with Crippen LogP contribution in [0.1, 0.15) is 22.3 Å². The first-order chi connectivity index (χ1) is 34.7. The molecule has 5 nitrogen and oxygen atoms in total. The predicted octanol–water partition coefficient (Wildman–Crippen LogP) is 17.0. The number of hydrogen-bond acceptors (Lipinski definition) is 5. The predicted molar refractivity (Wildman–Crippen MR) is 280 cm³/mol. The van der Waals surface area contributed by atoms with Gasteiger partial charge in [0.1, 0.15) is 11.2 Å². The van der Waals surface area contributed by atoms with Crippen LogP contribution in [0.2, 0.25) is 0 Å². The highest BCUT2D eigenvalue weighted by molar-refractivity contribution is 6.09. The Balaban J connectivity index is 0.863. The van der Waals surface area contributed by atoms with E-state index in [9.17, 15) is 0 Å². The second-order valence-corrected chi connectivity index (χ2v) is 17.9. The molecule has 12 aromatic rings. The number of fused-ring (bicyclic) bond motifs is 9. The molecule has 0 saturated carbocycles. The standard InChI is InChI=1S/C65H40N2O3/c1-4-17-42(18-5-1)55-40-56(67-64(66-55)43-33-31-41(32-34-43)48-27-16-28-51-50-25-13-15-30-57(50)69-62(48)51)49-24-11-10-23-47(49)44-35-37-58-60(39-44)70-63-59(68-58)38-36-54-61(63)52-26-12-14-29-53(52)65(54,45-19-6-2-7-20-45)46-21-8-3-9-22-46/h1-40H. The zero-order valence-electron chi connectivity index (χ0n) is 37.7. The van der Waals surface area contributed by atoms with Crippen LogP contribution in [0.3, 0.4) is 0 Å². The smallest absolute Gasteiger partial charge is 0.178 e. The van der Waals surface area contributed by atoms with Crippen molar-refractivity contribution in [3.63, 3.8) is 0 Å². The van der Waals surface area contributed by atoms with Crippen LogP contribution in [-0.4, -0.2) is 9.97 Å². The third-order valence-electron chi connectivity index (χ3n) is 14.1. The van der Waals surface area contributed by atoms with Crippen molar-refractivity contribution >= 4 is 21.9 Å². The highest BCUT2D eigenvalue weighted by Gasteiger charge is 2.48. The molecule has 14 rings (SSSR count). The van der Waals surface area contributed by atoms with Gasteiger partial charge < -0.3 is 13.9 Å². The number of benzene rings is 10. The molecular formula is C65H40N2O3. The molecule has 0 radical (unpaired) electrons. The van der Waals surface area contributed by atoms with Gasteiger partial charge in [0.25, 0.3) is 0 Å². The van der Waals surface area contributed by atoms with Crippen LogP contribution in [0, 0.1) is 0 Å². The molecule has 2 aromatic heterocycles. The van der Waals surface area contributed by atoms with Crippen molar-refractivity contribution in [1.29, 1.82) is 0 Å². The van der Waals surface area contributed by atoms with E-state index in [2.05, 4.69) is 206 Å². The van der Waals surface area contributed by atoms with E-state index in [0.29, 0.717) is 28.8 Å². The Morgan fingerprint density at radius 3 is 1.73 bits per heavy atom.